The van der Waals surface area contributed by atoms with Gasteiger partial charge >= 0.3 is 0 Å². The van der Waals surface area contributed by atoms with Gasteiger partial charge in [0.25, 0.3) is 0 Å². The largest absolute Gasteiger partial charge is 0.472 e. The molecule has 0 saturated heterocycles. The second kappa shape index (κ2) is 6.24. The van der Waals surface area contributed by atoms with Gasteiger partial charge in [0, 0.05) is 9.97 Å². The Morgan fingerprint density at radius 1 is 1.00 bits per heavy atom. The lowest BCUT2D eigenvalue weighted by Gasteiger charge is -1.80. The van der Waals surface area contributed by atoms with E-state index in [1.54, 1.807) is 9.97 Å². The van der Waals surface area contributed by atoms with Gasteiger partial charge in [0.1, 0.15) is 0 Å². The second-order valence-electron chi connectivity index (χ2n) is 0.660. The standard InChI is InChI=1S/C4H4Br2O/c5-1-3-7-4-2-6/h1-4H/b3-1-,4-2+. The van der Waals surface area contributed by atoms with Crippen LogP contribution in [0.3, 0.4) is 0 Å². The van der Waals surface area contributed by atoms with Crippen molar-refractivity contribution in [3.8, 4) is 0 Å². The summed E-state index contributed by atoms with van der Waals surface area (Å²) in [4.78, 5) is 3.25. The van der Waals surface area contributed by atoms with E-state index in [0.717, 1.165) is 0 Å². The highest BCUT2D eigenvalue weighted by Crippen LogP contribution is 1.87. The minimum atomic E-state index is 1.51. The lowest BCUT2D eigenvalue weighted by molar-refractivity contribution is 0.405. The topological polar surface area (TPSA) is 9.23 Å². The highest BCUT2D eigenvalue weighted by atomic mass is 79.9. The molecule has 0 aromatic carbocycles. The van der Waals surface area contributed by atoms with Crippen molar-refractivity contribution in [3.05, 3.63) is 22.5 Å². The van der Waals surface area contributed by atoms with Crippen LogP contribution in [0.5, 0.6) is 0 Å². The third-order valence-electron chi connectivity index (χ3n) is 0.260. The maximum atomic E-state index is 4.68. The van der Waals surface area contributed by atoms with Crippen LogP contribution in [0.25, 0.3) is 0 Å². The molecule has 0 aromatic heterocycles. The molecule has 40 valence electrons. The van der Waals surface area contributed by atoms with Crippen LogP contribution in [0.4, 0.5) is 0 Å². The van der Waals surface area contributed by atoms with Gasteiger partial charge in [0.05, 0.1) is 12.5 Å². The molecule has 0 spiro atoms. The van der Waals surface area contributed by atoms with Gasteiger partial charge < -0.3 is 4.74 Å². The molecule has 0 radical (unpaired) electrons. The molecular weight excluding hydrogens is 224 g/mol. The van der Waals surface area contributed by atoms with Crippen LogP contribution in [-0.2, 0) is 4.74 Å². The van der Waals surface area contributed by atoms with Crippen molar-refractivity contribution in [2.45, 2.75) is 0 Å². The highest BCUT2D eigenvalue weighted by molar-refractivity contribution is 9.11. The first-order valence-electron chi connectivity index (χ1n) is 1.57. The molecule has 7 heavy (non-hydrogen) atoms. The van der Waals surface area contributed by atoms with Gasteiger partial charge in [-0.3, -0.25) is 0 Å². The van der Waals surface area contributed by atoms with Crippen LogP contribution in [0.1, 0.15) is 0 Å². The van der Waals surface area contributed by atoms with E-state index in [9.17, 15) is 0 Å². The summed E-state index contributed by atoms with van der Waals surface area (Å²) in [5.74, 6) is 0. The molecule has 0 fully saturated rings. The Bertz CT molecular complexity index is 67.8. The molecule has 0 bridgehead atoms. The first-order valence-corrected chi connectivity index (χ1v) is 3.41. The molecule has 0 rings (SSSR count). The Labute approximate surface area is 59.3 Å². The van der Waals surface area contributed by atoms with Crippen LogP contribution in [-0.4, -0.2) is 0 Å². The molecule has 0 N–H and O–H groups in total. The van der Waals surface area contributed by atoms with Gasteiger partial charge in [0.15, 0.2) is 0 Å². The zero-order valence-electron chi connectivity index (χ0n) is 3.47. The summed E-state index contributed by atoms with van der Waals surface area (Å²) in [6, 6.07) is 0. The van der Waals surface area contributed by atoms with E-state index < -0.39 is 0 Å². The number of ether oxygens (including phenoxy) is 1. The molecule has 3 heteroatoms. The Hall–Kier alpha value is 0.240. The average Bonchev–Trinajstić information content (AvgIpc) is 1.69. The van der Waals surface area contributed by atoms with E-state index in [2.05, 4.69) is 36.6 Å². The van der Waals surface area contributed by atoms with Gasteiger partial charge in [-0.25, -0.2) is 0 Å². The van der Waals surface area contributed by atoms with Crippen molar-refractivity contribution >= 4 is 31.9 Å². The molecule has 0 heterocycles. The highest BCUT2D eigenvalue weighted by Gasteiger charge is 1.59. The summed E-state index contributed by atoms with van der Waals surface area (Å²) in [6.07, 6.45) is 3.02. The summed E-state index contributed by atoms with van der Waals surface area (Å²) >= 11 is 6.05. The molecule has 0 saturated carbocycles. The number of rotatable bonds is 2. The maximum Gasteiger partial charge on any atom is 0.0970 e. The number of halogens is 2. The van der Waals surface area contributed by atoms with Crippen molar-refractivity contribution < 1.29 is 4.74 Å². The fourth-order valence-electron chi connectivity index (χ4n) is 0.105. The molecule has 0 unspecified atom stereocenters. The van der Waals surface area contributed by atoms with Crippen molar-refractivity contribution in [1.29, 1.82) is 0 Å². The van der Waals surface area contributed by atoms with E-state index in [1.165, 1.54) is 12.5 Å². The Kier molecular flexibility index (Phi) is 6.45. The Morgan fingerprint density at radius 3 is 1.71 bits per heavy atom. The molecule has 0 aromatic rings. The van der Waals surface area contributed by atoms with Gasteiger partial charge in [-0.05, 0) is 0 Å². The zero-order valence-corrected chi connectivity index (χ0v) is 6.65. The average molecular weight is 228 g/mol. The first-order chi connectivity index (χ1) is 3.41. The molecule has 1 nitrogen and oxygen atoms in total. The third-order valence-corrected chi connectivity index (χ3v) is 0.692. The first kappa shape index (κ1) is 7.24. The summed E-state index contributed by atoms with van der Waals surface area (Å²) < 4.78 is 4.68. The lowest BCUT2D eigenvalue weighted by Crippen LogP contribution is -1.56. The quantitative estimate of drug-likeness (QED) is 0.660. The van der Waals surface area contributed by atoms with E-state index in [-0.39, 0.29) is 0 Å². The van der Waals surface area contributed by atoms with Crippen molar-refractivity contribution in [2.75, 3.05) is 0 Å². The predicted molar refractivity (Wildman–Crippen MR) is 37.2 cm³/mol. The van der Waals surface area contributed by atoms with E-state index in [1.807, 2.05) is 0 Å². The predicted octanol–water partition coefficient (Wildman–Crippen LogP) is 2.74. The fraction of sp³-hybridized carbons (Fsp3) is 0. The van der Waals surface area contributed by atoms with Gasteiger partial charge in [-0.2, -0.15) is 0 Å². The maximum absolute atomic E-state index is 4.68. The monoisotopic (exact) mass is 226 g/mol. The SMILES string of the molecule is Br/C=C\O/C=C/Br. The summed E-state index contributed by atoms with van der Waals surface area (Å²) in [5.41, 5.74) is 0. The van der Waals surface area contributed by atoms with Gasteiger partial charge in [-0.1, -0.05) is 31.9 Å². The van der Waals surface area contributed by atoms with Crippen molar-refractivity contribution in [1.82, 2.24) is 0 Å². The van der Waals surface area contributed by atoms with Crippen molar-refractivity contribution in [2.24, 2.45) is 0 Å². The normalized spacial score (nSPS) is 11.1. The molecule has 0 aliphatic heterocycles. The summed E-state index contributed by atoms with van der Waals surface area (Å²) in [7, 11) is 0. The molecule has 0 aliphatic rings. The molecule has 0 amide bonds. The summed E-state index contributed by atoms with van der Waals surface area (Å²) in [5, 5.41) is 0. The van der Waals surface area contributed by atoms with E-state index >= 15 is 0 Å². The smallest absolute Gasteiger partial charge is 0.0970 e. The Balaban J connectivity index is 2.98. The second-order valence-corrected chi connectivity index (χ2v) is 1.72. The zero-order chi connectivity index (χ0) is 5.54. The van der Waals surface area contributed by atoms with Gasteiger partial charge in [0.2, 0.25) is 0 Å². The third kappa shape index (κ3) is 6.24. The van der Waals surface area contributed by atoms with Crippen LogP contribution >= 0.6 is 31.9 Å². The van der Waals surface area contributed by atoms with Gasteiger partial charge in [-0.15, -0.1) is 0 Å². The molecular formula is C4H4Br2O. The Morgan fingerprint density at radius 2 is 1.43 bits per heavy atom. The van der Waals surface area contributed by atoms with Crippen LogP contribution in [0.2, 0.25) is 0 Å². The van der Waals surface area contributed by atoms with E-state index in [4.69, 9.17) is 0 Å². The number of hydrogen-bond donors (Lipinski definition) is 0. The van der Waals surface area contributed by atoms with Crippen molar-refractivity contribution in [3.63, 3.8) is 0 Å². The lowest BCUT2D eigenvalue weighted by atomic mass is 11.1. The molecule has 0 atom stereocenters. The van der Waals surface area contributed by atoms with Crippen LogP contribution in [0.15, 0.2) is 22.5 Å². The fourth-order valence-corrected chi connectivity index (χ4v) is 0.354. The number of hydrogen-bond acceptors (Lipinski definition) is 1. The van der Waals surface area contributed by atoms with Crippen LogP contribution in [0, 0.1) is 0 Å². The van der Waals surface area contributed by atoms with Crippen LogP contribution < -0.4 is 0 Å². The minimum Gasteiger partial charge on any atom is -0.472 e. The summed E-state index contributed by atoms with van der Waals surface area (Å²) in [6.45, 7) is 0. The molecule has 0 aliphatic carbocycles. The van der Waals surface area contributed by atoms with E-state index in [0.29, 0.717) is 0 Å². The minimum absolute atomic E-state index is 1.51.